The number of nitrogens with zero attached hydrogens (tertiary/aromatic N) is 2. The number of hydrogen-bond donors (Lipinski definition) is 2. The molecule has 1 aliphatic rings. The molecule has 1 fully saturated rings. The molecule has 1 aliphatic heterocycles. The first-order valence-electron chi connectivity index (χ1n) is 6.85. The monoisotopic (exact) mass is 290 g/mol. The Morgan fingerprint density at radius 1 is 1.35 bits per heavy atom. The lowest BCUT2D eigenvalue weighted by Crippen LogP contribution is -2.26. The molecule has 3 N–H and O–H groups in total. The first kappa shape index (κ1) is 13.3. The zero-order chi connectivity index (χ0) is 13.8. The number of hydrogen-bond acceptors (Lipinski definition) is 6. The van der Waals surface area contributed by atoms with Crippen molar-refractivity contribution >= 4 is 22.4 Å². The lowest BCUT2D eigenvalue weighted by molar-refractivity contribution is 0.0248. The fourth-order valence-corrected chi connectivity index (χ4v) is 3.14. The van der Waals surface area contributed by atoms with Gasteiger partial charge in [-0.1, -0.05) is 0 Å². The van der Waals surface area contributed by atoms with Crippen molar-refractivity contribution in [3.05, 3.63) is 24.5 Å². The minimum Gasteiger partial charge on any atom is -0.382 e. The maximum absolute atomic E-state index is 5.99. The molecule has 0 aliphatic carbocycles. The minimum atomic E-state index is 0.289. The van der Waals surface area contributed by atoms with Gasteiger partial charge >= 0.3 is 0 Å². The van der Waals surface area contributed by atoms with Crippen molar-refractivity contribution < 1.29 is 4.74 Å². The number of ether oxygens (including phenoxy) is 1. The van der Waals surface area contributed by atoms with E-state index >= 15 is 0 Å². The Hall–Kier alpha value is -1.66. The minimum absolute atomic E-state index is 0.289. The van der Waals surface area contributed by atoms with Gasteiger partial charge in [0, 0.05) is 25.5 Å². The third-order valence-electron chi connectivity index (χ3n) is 3.45. The Balaban J connectivity index is 1.74. The van der Waals surface area contributed by atoms with Crippen LogP contribution in [0.5, 0.6) is 0 Å². The van der Waals surface area contributed by atoms with E-state index in [9.17, 15) is 0 Å². The number of aromatic nitrogens is 2. The van der Waals surface area contributed by atoms with Crippen LogP contribution in [-0.4, -0.2) is 28.6 Å². The molecule has 2 aromatic heterocycles. The van der Waals surface area contributed by atoms with Gasteiger partial charge in [0.15, 0.2) is 0 Å². The number of nitrogen functional groups attached to an aromatic ring is 1. The Morgan fingerprint density at radius 2 is 2.20 bits per heavy atom. The molecule has 1 saturated heterocycles. The molecule has 0 radical (unpaired) electrons. The van der Waals surface area contributed by atoms with Gasteiger partial charge in [0.25, 0.3) is 0 Å². The summed E-state index contributed by atoms with van der Waals surface area (Å²) in [6.45, 7) is 1.67. The van der Waals surface area contributed by atoms with E-state index in [2.05, 4.69) is 14.7 Å². The molecule has 0 amide bonds. The molecule has 2 aromatic rings. The van der Waals surface area contributed by atoms with Crippen molar-refractivity contribution in [2.75, 3.05) is 24.2 Å². The average molecular weight is 290 g/mol. The molecule has 3 heterocycles. The van der Waals surface area contributed by atoms with Crippen LogP contribution in [0.4, 0.5) is 10.8 Å². The van der Waals surface area contributed by atoms with Gasteiger partial charge in [-0.2, -0.15) is 4.37 Å². The third kappa shape index (κ3) is 2.91. The molecular formula is C14H18N4OS. The topological polar surface area (TPSA) is 73.1 Å². The molecule has 3 rings (SSSR count). The Bertz CT molecular complexity index is 552. The van der Waals surface area contributed by atoms with E-state index in [1.165, 1.54) is 24.4 Å². The Labute approximate surface area is 122 Å². The predicted octanol–water partition coefficient (Wildman–Crippen LogP) is 2.77. The van der Waals surface area contributed by atoms with Gasteiger partial charge in [-0.3, -0.25) is 4.98 Å². The van der Waals surface area contributed by atoms with Gasteiger partial charge in [-0.15, -0.1) is 0 Å². The normalized spacial score (nSPS) is 18.9. The third-order valence-corrected chi connectivity index (χ3v) is 4.27. The fraction of sp³-hybridized carbons (Fsp3) is 0.429. The van der Waals surface area contributed by atoms with Crippen LogP contribution in [0.1, 0.15) is 19.3 Å². The van der Waals surface area contributed by atoms with Crippen LogP contribution in [0.3, 0.4) is 0 Å². The zero-order valence-corrected chi connectivity index (χ0v) is 12.0. The SMILES string of the molecule is Nc1nsc(NCC2CCCCO2)c1-c1ccncc1. The molecule has 6 heteroatoms. The zero-order valence-electron chi connectivity index (χ0n) is 11.2. The van der Waals surface area contributed by atoms with Gasteiger partial charge in [-0.05, 0) is 48.5 Å². The summed E-state index contributed by atoms with van der Waals surface area (Å²) in [7, 11) is 0. The van der Waals surface area contributed by atoms with Crippen molar-refractivity contribution in [1.29, 1.82) is 0 Å². The lowest BCUT2D eigenvalue weighted by atomic mass is 10.1. The quantitative estimate of drug-likeness (QED) is 0.906. The maximum Gasteiger partial charge on any atom is 0.147 e. The first-order chi connectivity index (χ1) is 9.84. The van der Waals surface area contributed by atoms with E-state index in [4.69, 9.17) is 10.5 Å². The van der Waals surface area contributed by atoms with Crippen molar-refractivity contribution in [3.63, 3.8) is 0 Å². The maximum atomic E-state index is 5.99. The molecule has 1 atom stereocenters. The Morgan fingerprint density at radius 3 is 2.95 bits per heavy atom. The van der Waals surface area contributed by atoms with Crippen LogP contribution >= 0.6 is 11.5 Å². The van der Waals surface area contributed by atoms with Crippen LogP contribution in [0, 0.1) is 0 Å². The van der Waals surface area contributed by atoms with Crippen molar-refractivity contribution in [2.24, 2.45) is 0 Å². The summed E-state index contributed by atoms with van der Waals surface area (Å²) in [5.74, 6) is 0.563. The second-order valence-electron chi connectivity index (χ2n) is 4.88. The van der Waals surface area contributed by atoms with Crippen LogP contribution in [0.25, 0.3) is 11.1 Å². The van der Waals surface area contributed by atoms with Crippen LogP contribution in [0.2, 0.25) is 0 Å². The molecule has 1 unspecified atom stereocenters. The van der Waals surface area contributed by atoms with Gasteiger partial charge in [0.1, 0.15) is 10.8 Å². The van der Waals surface area contributed by atoms with E-state index < -0.39 is 0 Å². The Kier molecular flexibility index (Phi) is 4.13. The highest BCUT2D eigenvalue weighted by molar-refractivity contribution is 7.11. The van der Waals surface area contributed by atoms with Crippen LogP contribution < -0.4 is 11.1 Å². The molecule has 106 valence electrons. The molecule has 0 saturated carbocycles. The largest absolute Gasteiger partial charge is 0.382 e. The summed E-state index contributed by atoms with van der Waals surface area (Å²) in [6, 6.07) is 3.89. The molecule has 5 nitrogen and oxygen atoms in total. The summed E-state index contributed by atoms with van der Waals surface area (Å²) in [5.41, 5.74) is 8.00. The molecular weight excluding hydrogens is 272 g/mol. The fourth-order valence-electron chi connectivity index (χ4n) is 2.40. The number of pyridine rings is 1. The molecule has 20 heavy (non-hydrogen) atoms. The highest BCUT2D eigenvalue weighted by Crippen LogP contribution is 2.36. The average Bonchev–Trinajstić information content (AvgIpc) is 2.88. The summed E-state index contributed by atoms with van der Waals surface area (Å²) in [4.78, 5) is 4.04. The lowest BCUT2D eigenvalue weighted by Gasteiger charge is -2.23. The summed E-state index contributed by atoms with van der Waals surface area (Å²) < 4.78 is 9.98. The van der Waals surface area contributed by atoms with Crippen molar-refractivity contribution in [2.45, 2.75) is 25.4 Å². The number of nitrogens with two attached hydrogens (primary N) is 1. The highest BCUT2D eigenvalue weighted by Gasteiger charge is 2.17. The number of anilines is 2. The van der Waals surface area contributed by atoms with E-state index in [0.717, 1.165) is 35.7 Å². The van der Waals surface area contributed by atoms with Crippen LogP contribution in [0.15, 0.2) is 24.5 Å². The van der Waals surface area contributed by atoms with Crippen LogP contribution in [-0.2, 0) is 4.74 Å². The van der Waals surface area contributed by atoms with E-state index in [1.807, 2.05) is 12.1 Å². The first-order valence-corrected chi connectivity index (χ1v) is 7.63. The van der Waals surface area contributed by atoms with E-state index in [1.54, 1.807) is 12.4 Å². The van der Waals surface area contributed by atoms with Gasteiger partial charge in [0.2, 0.25) is 0 Å². The van der Waals surface area contributed by atoms with Gasteiger partial charge in [-0.25, -0.2) is 0 Å². The highest BCUT2D eigenvalue weighted by atomic mass is 32.1. The van der Waals surface area contributed by atoms with Crippen molar-refractivity contribution in [1.82, 2.24) is 9.36 Å². The van der Waals surface area contributed by atoms with Crippen molar-refractivity contribution in [3.8, 4) is 11.1 Å². The summed E-state index contributed by atoms with van der Waals surface area (Å²) >= 11 is 1.40. The van der Waals surface area contributed by atoms with Gasteiger partial charge < -0.3 is 15.8 Å². The predicted molar refractivity (Wildman–Crippen MR) is 81.8 cm³/mol. The second kappa shape index (κ2) is 6.19. The smallest absolute Gasteiger partial charge is 0.147 e. The summed E-state index contributed by atoms with van der Waals surface area (Å²) in [6.07, 6.45) is 7.35. The van der Waals surface area contributed by atoms with Gasteiger partial charge in [0.05, 0.1) is 11.7 Å². The second-order valence-corrected chi connectivity index (χ2v) is 5.65. The number of rotatable bonds is 4. The molecule has 0 aromatic carbocycles. The summed E-state index contributed by atoms with van der Waals surface area (Å²) in [5, 5.41) is 4.44. The van der Waals surface area contributed by atoms with E-state index in [-0.39, 0.29) is 6.10 Å². The molecule has 0 spiro atoms. The molecule has 0 bridgehead atoms. The number of nitrogens with one attached hydrogen (secondary N) is 1. The van der Waals surface area contributed by atoms with E-state index in [0.29, 0.717) is 5.82 Å². The standard InChI is InChI=1S/C14H18N4OS/c15-13-12(10-4-6-16-7-5-10)14(20-18-13)17-9-11-3-1-2-8-19-11/h4-7,11,17H,1-3,8-9H2,(H2,15,18).